The molecule has 0 heterocycles. The highest BCUT2D eigenvalue weighted by Gasteiger charge is 2.35. The molecule has 0 fully saturated rings. The first-order valence-corrected chi connectivity index (χ1v) is 16.5. The van der Waals surface area contributed by atoms with Gasteiger partial charge in [0.2, 0.25) is 11.8 Å². The zero-order valence-electron chi connectivity index (χ0n) is 28.2. The van der Waals surface area contributed by atoms with Gasteiger partial charge in [0.15, 0.2) is 11.5 Å². The van der Waals surface area contributed by atoms with Gasteiger partial charge in [-0.1, -0.05) is 32.9 Å². The molecule has 0 aliphatic heterocycles. The van der Waals surface area contributed by atoms with Crippen molar-refractivity contribution >= 4 is 27.5 Å². The predicted molar refractivity (Wildman–Crippen MR) is 179 cm³/mol. The first-order chi connectivity index (χ1) is 22.4. The molecule has 0 radical (unpaired) electrons. The zero-order valence-corrected chi connectivity index (χ0v) is 29.1. The van der Waals surface area contributed by atoms with Gasteiger partial charge in [-0.3, -0.25) is 13.9 Å². The number of nitrogens with one attached hydrogen (secondary N) is 1. The number of carbonyl (C=O) groups is 2. The number of hydrogen-bond acceptors (Lipinski definition) is 9. The molecular weight excluding hydrogens is 626 g/mol. The Labute approximate surface area is 277 Å². The Balaban J connectivity index is 2.18. The van der Waals surface area contributed by atoms with E-state index in [0.29, 0.717) is 23.8 Å². The number of hydrogen-bond donors (Lipinski definition) is 1. The number of ether oxygens (including phenoxy) is 5. The van der Waals surface area contributed by atoms with E-state index in [1.165, 1.54) is 57.6 Å². The average molecular weight is 672 g/mol. The molecule has 256 valence electrons. The van der Waals surface area contributed by atoms with Crippen molar-refractivity contribution in [1.82, 2.24) is 10.2 Å². The van der Waals surface area contributed by atoms with Gasteiger partial charge < -0.3 is 33.9 Å². The van der Waals surface area contributed by atoms with Gasteiger partial charge in [0.25, 0.3) is 10.0 Å². The Hall–Kier alpha value is -4.65. The molecular formula is C34H45N3O9S. The zero-order chi connectivity index (χ0) is 34.7. The predicted octanol–water partition coefficient (Wildman–Crippen LogP) is 4.50. The van der Waals surface area contributed by atoms with E-state index in [1.54, 1.807) is 50.4 Å². The van der Waals surface area contributed by atoms with Crippen molar-refractivity contribution < 1.29 is 41.7 Å². The van der Waals surface area contributed by atoms with Gasteiger partial charge in [0.1, 0.15) is 29.8 Å². The Morgan fingerprint density at radius 2 is 1.36 bits per heavy atom. The number of carbonyl (C=O) groups excluding carboxylic acids is 2. The number of sulfonamides is 1. The van der Waals surface area contributed by atoms with Crippen LogP contribution in [0, 0.1) is 5.92 Å². The molecule has 0 bridgehead atoms. The van der Waals surface area contributed by atoms with Gasteiger partial charge in [-0.15, -0.1) is 0 Å². The third-order valence-electron chi connectivity index (χ3n) is 7.46. The number of benzene rings is 3. The van der Waals surface area contributed by atoms with Gasteiger partial charge >= 0.3 is 0 Å². The van der Waals surface area contributed by atoms with Gasteiger partial charge in [-0.25, -0.2) is 8.42 Å². The smallest absolute Gasteiger partial charge is 0.265 e. The summed E-state index contributed by atoms with van der Waals surface area (Å²) in [6.45, 7) is 5.54. The summed E-state index contributed by atoms with van der Waals surface area (Å²) in [5, 5.41) is 2.92. The van der Waals surface area contributed by atoms with E-state index in [2.05, 4.69) is 5.32 Å². The van der Waals surface area contributed by atoms with Crippen molar-refractivity contribution in [3.63, 3.8) is 0 Å². The third kappa shape index (κ3) is 9.00. The van der Waals surface area contributed by atoms with E-state index in [4.69, 9.17) is 23.7 Å². The summed E-state index contributed by atoms with van der Waals surface area (Å²) in [7, 11) is 2.78. The molecule has 3 aromatic rings. The molecule has 0 unspecified atom stereocenters. The fraction of sp³-hybridized carbons (Fsp3) is 0.412. The quantitative estimate of drug-likeness (QED) is 0.220. The Morgan fingerprint density at radius 3 is 1.91 bits per heavy atom. The summed E-state index contributed by atoms with van der Waals surface area (Å²) in [5.74, 6) is 0.915. The lowest BCUT2D eigenvalue weighted by Gasteiger charge is -2.33. The van der Waals surface area contributed by atoms with E-state index < -0.39 is 28.5 Å². The summed E-state index contributed by atoms with van der Waals surface area (Å²) >= 11 is 0. The van der Waals surface area contributed by atoms with E-state index >= 15 is 0 Å². The minimum atomic E-state index is -4.46. The molecule has 0 saturated carbocycles. The fourth-order valence-electron chi connectivity index (χ4n) is 4.88. The van der Waals surface area contributed by atoms with Gasteiger partial charge in [-0.05, 0) is 54.3 Å². The van der Waals surface area contributed by atoms with Crippen LogP contribution in [0.5, 0.6) is 28.7 Å². The van der Waals surface area contributed by atoms with Crippen LogP contribution < -0.4 is 33.3 Å². The summed E-state index contributed by atoms with van der Waals surface area (Å²) < 4.78 is 56.8. The molecule has 2 amide bonds. The highest BCUT2D eigenvalue weighted by molar-refractivity contribution is 7.92. The van der Waals surface area contributed by atoms with Crippen LogP contribution in [0.3, 0.4) is 0 Å². The Bertz CT molecular complexity index is 1610. The first kappa shape index (κ1) is 36.8. The summed E-state index contributed by atoms with van der Waals surface area (Å²) in [5.41, 5.74) is 0.791. The minimum absolute atomic E-state index is 0.0376. The molecule has 13 heteroatoms. The normalized spacial score (nSPS) is 11.8. The Kier molecular flexibility index (Phi) is 13.1. The highest BCUT2D eigenvalue weighted by atomic mass is 32.2. The molecule has 0 aromatic heterocycles. The lowest BCUT2D eigenvalue weighted by molar-refractivity contribution is -0.140. The molecule has 47 heavy (non-hydrogen) atoms. The number of methoxy groups -OCH3 is 5. The lowest BCUT2D eigenvalue weighted by atomic mass is 10.1. The van der Waals surface area contributed by atoms with Crippen molar-refractivity contribution in [2.24, 2.45) is 5.92 Å². The van der Waals surface area contributed by atoms with Crippen LogP contribution in [0.2, 0.25) is 0 Å². The molecule has 0 spiro atoms. The first-order valence-electron chi connectivity index (χ1n) is 15.1. The highest BCUT2D eigenvalue weighted by Crippen LogP contribution is 2.38. The third-order valence-corrected chi connectivity index (χ3v) is 9.21. The SMILES string of the molecule is CC[C@H](C(=O)NCC(C)C)N(Cc1ccc(OC)cc1)C(=O)CN(c1cc(OC)ccc1OC)S(=O)(=O)c1ccc(OC)c(OC)c1. The lowest BCUT2D eigenvalue weighted by Crippen LogP contribution is -2.52. The van der Waals surface area contributed by atoms with Crippen LogP contribution in [-0.2, 0) is 26.2 Å². The second-order valence-corrected chi connectivity index (χ2v) is 12.9. The minimum Gasteiger partial charge on any atom is -0.497 e. The number of amides is 2. The molecule has 0 saturated heterocycles. The Morgan fingerprint density at radius 1 is 0.766 bits per heavy atom. The van der Waals surface area contributed by atoms with E-state index in [0.717, 1.165) is 9.87 Å². The summed E-state index contributed by atoms with van der Waals surface area (Å²) in [6, 6.07) is 15.0. The maximum absolute atomic E-state index is 14.5. The van der Waals surface area contributed by atoms with Crippen LogP contribution in [0.4, 0.5) is 5.69 Å². The standard InChI is InChI=1S/C34H45N3O9S/c1-9-28(34(39)35-20-23(2)3)36(21-24-10-12-25(42-4)13-11-24)33(38)22-37(29-18-26(43-5)14-16-30(29)44-6)47(40,41)27-15-17-31(45-7)32(19-27)46-8/h10-19,23,28H,9,20-22H2,1-8H3,(H,35,39)/t28-/m1/s1. The summed E-state index contributed by atoms with van der Waals surface area (Å²) in [4.78, 5) is 29.2. The fourth-order valence-corrected chi connectivity index (χ4v) is 6.31. The van der Waals surface area contributed by atoms with Crippen LogP contribution in [0.1, 0.15) is 32.8 Å². The molecule has 12 nitrogen and oxygen atoms in total. The second-order valence-electron chi connectivity index (χ2n) is 11.0. The van der Waals surface area contributed by atoms with Gasteiger partial charge in [-0.2, -0.15) is 0 Å². The van der Waals surface area contributed by atoms with Gasteiger partial charge in [0, 0.05) is 25.2 Å². The monoisotopic (exact) mass is 671 g/mol. The van der Waals surface area contributed by atoms with Crippen LogP contribution >= 0.6 is 0 Å². The van der Waals surface area contributed by atoms with Crippen molar-refractivity contribution in [2.45, 2.75) is 44.7 Å². The number of nitrogens with zero attached hydrogens (tertiary/aromatic N) is 2. The van der Waals surface area contributed by atoms with Gasteiger partial charge in [0.05, 0.1) is 46.1 Å². The van der Waals surface area contributed by atoms with Crippen molar-refractivity contribution in [3.05, 3.63) is 66.2 Å². The molecule has 0 aliphatic carbocycles. The van der Waals surface area contributed by atoms with Crippen LogP contribution in [0.15, 0.2) is 65.6 Å². The number of rotatable bonds is 17. The molecule has 0 aliphatic rings. The molecule has 1 N–H and O–H groups in total. The maximum atomic E-state index is 14.5. The molecule has 3 aromatic carbocycles. The van der Waals surface area contributed by atoms with Crippen LogP contribution in [-0.4, -0.2) is 79.8 Å². The largest absolute Gasteiger partial charge is 0.497 e. The maximum Gasteiger partial charge on any atom is 0.265 e. The molecule has 1 atom stereocenters. The van der Waals surface area contributed by atoms with Crippen molar-refractivity contribution in [3.8, 4) is 28.7 Å². The van der Waals surface area contributed by atoms with Crippen molar-refractivity contribution in [1.29, 1.82) is 0 Å². The van der Waals surface area contributed by atoms with E-state index in [-0.39, 0.29) is 46.9 Å². The number of anilines is 1. The molecule has 3 rings (SSSR count). The van der Waals surface area contributed by atoms with Crippen LogP contribution in [0.25, 0.3) is 0 Å². The van der Waals surface area contributed by atoms with E-state index in [1.807, 2.05) is 13.8 Å². The van der Waals surface area contributed by atoms with E-state index in [9.17, 15) is 18.0 Å². The topological polar surface area (TPSA) is 133 Å². The van der Waals surface area contributed by atoms with Crippen molar-refractivity contribution in [2.75, 3.05) is 52.9 Å². The average Bonchev–Trinajstić information content (AvgIpc) is 3.08. The summed E-state index contributed by atoms with van der Waals surface area (Å²) in [6.07, 6.45) is 0.288. The second kappa shape index (κ2) is 16.8.